The molecule has 0 aliphatic carbocycles. The van der Waals surface area contributed by atoms with Crippen LogP contribution < -0.4 is 5.73 Å². The van der Waals surface area contributed by atoms with Gasteiger partial charge >= 0.3 is 25.7 Å². The Labute approximate surface area is 350 Å². The number of rotatable bonds is 39. The minimum atomic E-state index is -4.73. The van der Waals surface area contributed by atoms with Crippen molar-refractivity contribution in [3.05, 3.63) is 85.1 Å². The third kappa shape index (κ3) is 39.5. The SMILES string of the molecule is CC/C=C\C/C=C\C/C=C\CCCCCCCC(=O)O[C@H](COC(=O)CCCCC/C=C\C/C=C\C/C=C\C/C=C\CCCCC)COP(=O)(O)OC[C@H](N)C(=O)O. The highest BCUT2D eigenvalue weighted by atomic mass is 31.2. The van der Waals surface area contributed by atoms with E-state index in [1.165, 1.54) is 25.7 Å². The van der Waals surface area contributed by atoms with Gasteiger partial charge in [0.1, 0.15) is 12.6 Å². The lowest BCUT2D eigenvalue weighted by Crippen LogP contribution is -2.34. The standard InChI is InChI=1S/C46H76NO10P/c1-3-5-7-9-11-13-15-17-19-20-21-22-24-25-27-29-31-33-35-37-44(48)54-39-42(40-55-58(52,53)56-41-43(47)46(50)51)57-45(49)38-36-34-32-30-28-26-23-18-16-14-12-10-8-6-4-2/h6,8,11-14,17-19,21-23,25,27,42-43H,3-5,7,9-10,15-16,20,24,26,28-41,47H2,1-2H3,(H,50,51)(H,52,53)/b8-6-,13-11-,14-12-,19-17-,22-21-,23-18-,27-25-/t42-,43+/m1/s1. The van der Waals surface area contributed by atoms with E-state index in [4.69, 9.17) is 24.8 Å². The monoisotopic (exact) mass is 834 g/mol. The molecule has 0 aromatic carbocycles. The number of aliphatic carboxylic acids is 1. The van der Waals surface area contributed by atoms with Crippen molar-refractivity contribution < 1.29 is 47.5 Å². The highest BCUT2D eigenvalue weighted by molar-refractivity contribution is 7.47. The molecule has 0 radical (unpaired) electrons. The third-order valence-electron chi connectivity index (χ3n) is 8.63. The van der Waals surface area contributed by atoms with Crippen LogP contribution in [0.3, 0.4) is 0 Å². The smallest absolute Gasteiger partial charge is 0.472 e. The number of phosphoric acid groups is 1. The molecule has 1 unspecified atom stereocenters. The van der Waals surface area contributed by atoms with Gasteiger partial charge in [-0.2, -0.15) is 0 Å². The molecule has 0 spiro atoms. The lowest BCUT2D eigenvalue weighted by Gasteiger charge is -2.20. The van der Waals surface area contributed by atoms with E-state index in [1.54, 1.807) is 0 Å². The highest BCUT2D eigenvalue weighted by Gasteiger charge is 2.28. The van der Waals surface area contributed by atoms with Crippen LogP contribution in [0.5, 0.6) is 0 Å². The maximum absolute atomic E-state index is 12.6. The fourth-order valence-electron chi connectivity index (χ4n) is 5.24. The molecule has 58 heavy (non-hydrogen) atoms. The zero-order valence-corrected chi connectivity index (χ0v) is 36.5. The number of unbranched alkanes of at least 4 members (excludes halogenated alkanes) is 11. The Morgan fingerprint density at radius 1 is 0.552 bits per heavy atom. The first kappa shape index (κ1) is 54.7. The first-order valence-electron chi connectivity index (χ1n) is 21.6. The molecule has 11 nitrogen and oxygen atoms in total. The summed E-state index contributed by atoms with van der Waals surface area (Å²) in [6.45, 7) is 2.59. The molecule has 0 fully saturated rings. The van der Waals surface area contributed by atoms with Crippen molar-refractivity contribution in [3.8, 4) is 0 Å². The quantitative estimate of drug-likeness (QED) is 0.0233. The number of hydrogen-bond donors (Lipinski definition) is 3. The van der Waals surface area contributed by atoms with E-state index < -0.39 is 51.1 Å². The average molecular weight is 834 g/mol. The number of carbonyl (C=O) groups is 3. The topological polar surface area (TPSA) is 172 Å². The van der Waals surface area contributed by atoms with Crippen LogP contribution in [-0.4, -0.2) is 59.9 Å². The zero-order valence-electron chi connectivity index (χ0n) is 35.6. The van der Waals surface area contributed by atoms with E-state index >= 15 is 0 Å². The molecule has 4 N–H and O–H groups in total. The van der Waals surface area contributed by atoms with E-state index in [1.807, 2.05) is 0 Å². The molecule has 0 aromatic heterocycles. The van der Waals surface area contributed by atoms with Crippen molar-refractivity contribution in [1.29, 1.82) is 0 Å². The molecule has 0 aromatic rings. The number of allylic oxidation sites excluding steroid dienone is 14. The number of nitrogens with two attached hydrogens (primary N) is 1. The molecular weight excluding hydrogens is 757 g/mol. The molecule has 0 saturated heterocycles. The third-order valence-corrected chi connectivity index (χ3v) is 9.58. The maximum Gasteiger partial charge on any atom is 0.472 e. The van der Waals surface area contributed by atoms with Gasteiger partial charge in [-0.25, -0.2) is 4.57 Å². The molecular formula is C46H76NO10P. The molecule has 3 atom stereocenters. The zero-order chi connectivity index (χ0) is 42.8. The second-order valence-electron chi connectivity index (χ2n) is 14.1. The minimum absolute atomic E-state index is 0.129. The van der Waals surface area contributed by atoms with Crippen molar-refractivity contribution in [3.63, 3.8) is 0 Å². The Balaban J connectivity index is 4.47. The predicted octanol–water partition coefficient (Wildman–Crippen LogP) is 11.5. The summed E-state index contributed by atoms with van der Waals surface area (Å²) in [4.78, 5) is 45.9. The van der Waals surface area contributed by atoms with E-state index in [2.05, 4.69) is 103 Å². The van der Waals surface area contributed by atoms with Gasteiger partial charge in [-0.3, -0.25) is 23.4 Å². The van der Waals surface area contributed by atoms with Crippen molar-refractivity contribution >= 4 is 25.7 Å². The molecule has 0 heterocycles. The van der Waals surface area contributed by atoms with Crippen molar-refractivity contribution in [1.82, 2.24) is 0 Å². The lowest BCUT2D eigenvalue weighted by molar-refractivity contribution is -0.161. The summed E-state index contributed by atoms with van der Waals surface area (Å²) < 4.78 is 32.6. The molecule has 12 heteroatoms. The van der Waals surface area contributed by atoms with Crippen LogP contribution in [0, 0.1) is 0 Å². The number of carboxylic acids is 1. The van der Waals surface area contributed by atoms with Gasteiger partial charge < -0.3 is 25.2 Å². The lowest BCUT2D eigenvalue weighted by atomic mass is 10.1. The summed E-state index contributed by atoms with van der Waals surface area (Å²) in [5.74, 6) is -2.45. The first-order valence-corrected chi connectivity index (χ1v) is 23.1. The number of carboxylic acid groups (broad SMARTS) is 1. The Morgan fingerprint density at radius 2 is 0.966 bits per heavy atom. The van der Waals surface area contributed by atoms with Crippen LogP contribution >= 0.6 is 7.82 Å². The maximum atomic E-state index is 12.6. The molecule has 0 rings (SSSR count). The Bertz CT molecular complexity index is 1300. The molecule has 0 amide bonds. The molecule has 330 valence electrons. The number of phosphoric ester groups is 1. The Kier molecular flexibility index (Phi) is 38.1. The van der Waals surface area contributed by atoms with Crippen molar-refractivity contribution in [2.75, 3.05) is 19.8 Å². The van der Waals surface area contributed by atoms with Gasteiger partial charge in [-0.1, -0.05) is 137 Å². The van der Waals surface area contributed by atoms with Crippen LogP contribution in [0.2, 0.25) is 0 Å². The summed E-state index contributed by atoms with van der Waals surface area (Å²) in [6.07, 6.45) is 49.3. The van der Waals surface area contributed by atoms with Crippen LogP contribution in [0.1, 0.15) is 155 Å². The largest absolute Gasteiger partial charge is 0.480 e. The predicted molar refractivity (Wildman–Crippen MR) is 235 cm³/mol. The summed E-state index contributed by atoms with van der Waals surface area (Å²) in [6, 6.07) is -1.53. The van der Waals surface area contributed by atoms with Crippen LogP contribution in [0.25, 0.3) is 0 Å². The van der Waals surface area contributed by atoms with E-state index in [-0.39, 0.29) is 19.4 Å². The van der Waals surface area contributed by atoms with E-state index in [0.29, 0.717) is 12.8 Å². The first-order chi connectivity index (χ1) is 28.1. The number of esters is 2. The van der Waals surface area contributed by atoms with Crippen LogP contribution in [0.4, 0.5) is 0 Å². The van der Waals surface area contributed by atoms with Gasteiger partial charge in [0.25, 0.3) is 0 Å². The van der Waals surface area contributed by atoms with E-state index in [9.17, 15) is 23.8 Å². The second-order valence-corrected chi connectivity index (χ2v) is 15.5. The summed E-state index contributed by atoms with van der Waals surface area (Å²) in [7, 11) is -4.73. The summed E-state index contributed by atoms with van der Waals surface area (Å²) in [5, 5.41) is 8.89. The summed E-state index contributed by atoms with van der Waals surface area (Å²) >= 11 is 0. The number of hydrogen-bond acceptors (Lipinski definition) is 9. The Hall–Kier alpha value is -3.34. The highest BCUT2D eigenvalue weighted by Crippen LogP contribution is 2.43. The molecule has 0 aliphatic heterocycles. The van der Waals surface area contributed by atoms with Gasteiger partial charge in [0, 0.05) is 12.8 Å². The minimum Gasteiger partial charge on any atom is -0.480 e. The normalized spacial score (nSPS) is 14.6. The van der Waals surface area contributed by atoms with Gasteiger partial charge in [0.15, 0.2) is 6.10 Å². The fourth-order valence-corrected chi connectivity index (χ4v) is 6.02. The summed E-state index contributed by atoms with van der Waals surface area (Å²) in [5.41, 5.74) is 5.33. The van der Waals surface area contributed by atoms with Crippen LogP contribution in [-0.2, 0) is 37.5 Å². The average Bonchev–Trinajstić information content (AvgIpc) is 3.20. The number of ether oxygens (including phenoxy) is 2. The number of carbonyl (C=O) groups excluding carboxylic acids is 2. The van der Waals surface area contributed by atoms with Crippen molar-refractivity contribution in [2.45, 2.75) is 167 Å². The van der Waals surface area contributed by atoms with Gasteiger partial charge in [-0.15, -0.1) is 0 Å². The second kappa shape index (κ2) is 40.4. The fraction of sp³-hybridized carbons (Fsp3) is 0.630. The van der Waals surface area contributed by atoms with Gasteiger partial charge in [0.05, 0.1) is 13.2 Å². The Morgan fingerprint density at radius 3 is 1.47 bits per heavy atom. The van der Waals surface area contributed by atoms with Crippen LogP contribution in [0.15, 0.2) is 85.1 Å². The van der Waals surface area contributed by atoms with Crippen molar-refractivity contribution in [2.24, 2.45) is 5.73 Å². The molecule has 0 aliphatic rings. The molecule has 0 bridgehead atoms. The molecule has 0 saturated carbocycles. The van der Waals surface area contributed by atoms with E-state index in [0.717, 1.165) is 89.9 Å². The van der Waals surface area contributed by atoms with Gasteiger partial charge in [0.2, 0.25) is 0 Å². The van der Waals surface area contributed by atoms with Gasteiger partial charge in [-0.05, 0) is 89.9 Å².